The van der Waals surface area contributed by atoms with Gasteiger partial charge in [-0.25, -0.2) is 4.79 Å². The molecule has 0 saturated carbocycles. The SMILES string of the molecule is CC(C)c1ccc(CNc2ccccc2C(=O)O)cc1. The molecule has 0 fully saturated rings. The first-order chi connectivity index (χ1) is 9.58. The summed E-state index contributed by atoms with van der Waals surface area (Å²) in [5.74, 6) is -0.395. The van der Waals surface area contributed by atoms with Crippen LogP contribution in [0.2, 0.25) is 0 Å². The summed E-state index contributed by atoms with van der Waals surface area (Å²) in [6, 6.07) is 15.3. The number of aromatic carboxylic acids is 1. The fraction of sp³-hybridized carbons (Fsp3) is 0.235. The second kappa shape index (κ2) is 6.24. The molecule has 2 aromatic rings. The van der Waals surface area contributed by atoms with Gasteiger partial charge in [0.15, 0.2) is 0 Å². The van der Waals surface area contributed by atoms with Crippen LogP contribution in [0.15, 0.2) is 48.5 Å². The molecule has 0 aliphatic carbocycles. The molecule has 20 heavy (non-hydrogen) atoms. The highest BCUT2D eigenvalue weighted by Crippen LogP contribution is 2.18. The summed E-state index contributed by atoms with van der Waals surface area (Å²) >= 11 is 0. The number of benzene rings is 2. The first-order valence-corrected chi connectivity index (χ1v) is 6.73. The summed E-state index contributed by atoms with van der Waals surface area (Å²) in [6.07, 6.45) is 0. The van der Waals surface area contributed by atoms with Crippen molar-refractivity contribution < 1.29 is 9.90 Å². The van der Waals surface area contributed by atoms with Crippen molar-refractivity contribution in [3.8, 4) is 0 Å². The normalized spacial score (nSPS) is 10.6. The first-order valence-electron chi connectivity index (χ1n) is 6.73. The van der Waals surface area contributed by atoms with Crippen LogP contribution < -0.4 is 5.32 Å². The van der Waals surface area contributed by atoms with Crippen LogP contribution in [-0.4, -0.2) is 11.1 Å². The van der Waals surface area contributed by atoms with Crippen molar-refractivity contribution in [3.63, 3.8) is 0 Å². The molecule has 0 aliphatic rings. The molecule has 0 heterocycles. The summed E-state index contributed by atoms with van der Waals surface area (Å²) in [4.78, 5) is 11.1. The lowest BCUT2D eigenvalue weighted by Gasteiger charge is -2.11. The van der Waals surface area contributed by atoms with Gasteiger partial charge in [-0.15, -0.1) is 0 Å². The van der Waals surface area contributed by atoms with Crippen LogP contribution in [0, 0.1) is 0 Å². The van der Waals surface area contributed by atoms with Crippen molar-refractivity contribution in [1.82, 2.24) is 0 Å². The van der Waals surface area contributed by atoms with E-state index < -0.39 is 5.97 Å². The number of anilines is 1. The van der Waals surface area contributed by atoms with Gasteiger partial charge in [0.2, 0.25) is 0 Å². The Morgan fingerprint density at radius 1 is 1.10 bits per heavy atom. The Bertz CT molecular complexity index is 588. The zero-order chi connectivity index (χ0) is 14.5. The molecule has 0 aromatic heterocycles. The molecular weight excluding hydrogens is 250 g/mol. The third-order valence-corrected chi connectivity index (χ3v) is 3.29. The lowest BCUT2D eigenvalue weighted by Crippen LogP contribution is -2.06. The molecule has 2 N–H and O–H groups in total. The Labute approximate surface area is 119 Å². The second-order valence-electron chi connectivity index (χ2n) is 5.10. The van der Waals surface area contributed by atoms with Gasteiger partial charge in [0.1, 0.15) is 0 Å². The quantitative estimate of drug-likeness (QED) is 0.858. The molecule has 3 heteroatoms. The second-order valence-corrected chi connectivity index (χ2v) is 5.10. The smallest absolute Gasteiger partial charge is 0.337 e. The Kier molecular flexibility index (Phi) is 4.41. The largest absolute Gasteiger partial charge is 0.478 e. The average Bonchev–Trinajstić information content (AvgIpc) is 2.45. The van der Waals surface area contributed by atoms with Crippen molar-refractivity contribution in [2.75, 3.05) is 5.32 Å². The van der Waals surface area contributed by atoms with Gasteiger partial charge in [-0.1, -0.05) is 50.2 Å². The minimum Gasteiger partial charge on any atom is -0.478 e. The number of carbonyl (C=O) groups is 1. The number of carboxylic acids is 1. The average molecular weight is 269 g/mol. The van der Waals surface area contributed by atoms with Crippen LogP contribution >= 0.6 is 0 Å². The molecule has 0 saturated heterocycles. The van der Waals surface area contributed by atoms with Crippen LogP contribution in [0.4, 0.5) is 5.69 Å². The first kappa shape index (κ1) is 14.1. The molecule has 2 rings (SSSR count). The lowest BCUT2D eigenvalue weighted by atomic mass is 10.0. The molecule has 0 atom stereocenters. The maximum Gasteiger partial charge on any atom is 0.337 e. The fourth-order valence-electron chi connectivity index (χ4n) is 2.04. The van der Waals surface area contributed by atoms with Crippen molar-refractivity contribution in [3.05, 3.63) is 65.2 Å². The topological polar surface area (TPSA) is 49.3 Å². The zero-order valence-electron chi connectivity index (χ0n) is 11.8. The highest BCUT2D eigenvalue weighted by molar-refractivity contribution is 5.94. The number of rotatable bonds is 5. The van der Waals surface area contributed by atoms with Gasteiger partial charge in [0.25, 0.3) is 0 Å². The van der Waals surface area contributed by atoms with E-state index in [1.54, 1.807) is 18.2 Å². The van der Waals surface area contributed by atoms with E-state index >= 15 is 0 Å². The van der Waals surface area contributed by atoms with Gasteiger partial charge >= 0.3 is 5.97 Å². The summed E-state index contributed by atoms with van der Waals surface area (Å²) < 4.78 is 0. The molecule has 0 spiro atoms. The summed E-state index contributed by atoms with van der Waals surface area (Å²) in [5.41, 5.74) is 3.38. The monoisotopic (exact) mass is 269 g/mol. The van der Waals surface area contributed by atoms with Crippen LogP contribution in [0.25, 0.3) is 0 Å². The van der Waals surface area contributed by atoms with E-state index in [9.17, 15) is 4.79 Å². The van der Waals surface area contributed by atoms with E-state index in [0.29, 0.717) is 23.7 Å². The Balaban J connectivity index is 2.07. The van der Waals surface area contributed by atoms with Crippen molar-refractivity contribution >= 4 is 11.7 Å². The van der Waals surface area contributed by atoms with Gasteiger partial charge < -0.3 is 10.4 Å². The maximum atomic E-state index is 11.1. The molecule has 104 valence electrons. The standard InChI is InChI=1S/C17H19NO2/c1-12(2)14-9-7-13(8-10-14)11-18-16-6-4-3-5-15(16)17(19)20/h3-10,12,18H,11H2,1-2H3,(H,19,20). The van der Waals surface area contributed by atoms with E-state index in [2.05, 4.69) is 43.4 Å². The van der Waals surface area contributed by atoms with Crippen molar-refractivity contribution in [1.29, 1.82) is 0 Å². The predicted octanol–water partition coefficient (Wildman–Crippen LogP) is 4.12. The highest BCUT2D eigenvalue weighted by atomic mass is 16.4. The van der Waals surface area contributed by atoms with Gasteiger partial charge in [0, 0.05) is 12.2 Å². The molecule has 2 aromatic carbocycles. The van der Waals surface area contributed by atoms with E-state index in [1.165, 1.54) is 5.56 Å². The number of carboxylic acid groups (broad SMARTS) is 1. The molecule has 0 bridgehead atoms. The molecule has 0 radical (unpaired) electrons. The molecular formula is C17H19NO2. The van der Waals surface area contributed by atoms with Crippen molar-refractivity contribution in [2.45, 2.75) is 26.3 Å². The summed E-state index contributed by atoms with van der Waals surface area (Å²) in [5, 5.41) is 12.3. The van der Waals surface area contributed by atoms with E-state index in [4.69, 9.17) is 5.11 Å². The van der Waals surface area contributed by atoms with E-state index in [1.807, 2.05) is 6.07 Å². The van der Waals surface area contributed by atoms with Crippen molar-refractivity contribution in [2.24, 2.45) is 0 Å². The Morgan fingerprint density at radius 3 is 2.35 bits per heavy atom. The third kappa shape index (κ3) is 3.38. The minimum absolute atomic E-state index is 0.298. The van der Waals surface area contributed by atoms with Crippen LogP contribution in [0.3, 0.4) is 0 Å². The third-order valence-electron chi connectivity index (χ3n) is 3.29. The number of para-hydroxylation sites is 1. The number of hydrogen-bond acceptors (Lipinski definition) is 2. The number of nitrogens with one attached hydrogen (secondary N) is 1. The Hall–Kier alpha value is -2.29. The van der Waals surface area contributed by atoms with Gasteiger partial charge in [-0.05, 0) is 29.2 Å². The van der Waals surface area contributed by atoms with E-state index in [-0.39, 0.29) is 0 Å². The molecule has 3 nitrogen and oxygen atoms in total. The predicted molar refractivity (Wildman–Crippen MR) is 81.3 cm³/mol. The highest BCUT2D eigenvalue weighted by Gasteiger charge is 2.08. The van der Waals surface area contributed by atoms with Crippen LogP contribution in [0.5, 0.6) is 0 Å². The zero-order valence-corrected chi connectivity index (χ0v) is 11.8. The van der Waals surface area contributed by atoms with Crippen LogP contribution in [-0.2, 0) is 6.54 Å². The fourth-order valence-corrected chi connectivity index (χ4v) is 2.04. The lowest BCUT2D eigenvalue weighted by molar-refractivity contribution is 0.0698. The summed E-state index contributed by atoms with van der Waals surface area (Å²) in [6.45, 7) is 4.94. The van der Waals surface area contributed by atoms with E-state index in [0.717, 1.165) is 5.56 Å². The molecule has 0 aliphatic heterocycles. The summed E-state index contributed by atoms with van der Waals surface area (Å²) in [7, 11) is 0. The number of hydrogen-bond donors (Lipinski definition) is 2. The molecule has 0 unspecified atom stereocenters. The minimum atomic E-state index is -0.914. The Morgan fingerprint density at radius 2 is 1.75 bits per heavy atom. The van der Waals surface area contributed by atoms with Gasteiger partial charge in [-0.2, -0.15) is 0 Å². The molecule has 0 amide bonds. The van der Waals surface area contributed by atoms with Gasteiger partial charge in [0.05, 0.1) is 5.56 Å². The maximum absolute atomic E-state index is 11.1. The van der Waals surface area contributed by atoms with Crippen LogP contribution in [0.1, 0.15) is 41.3 Å². The van der Waals surface area contributed by atoms with Gasteiger partial charge in [-0.3, -0.25) is 0 Å².